The van der Waals surface area contributed by atoms with Crippen LogP contribution in [0.25, 0.3) is 0 Å². The first kappa shape index (κ1) is 15.9. The molecule has 1 amide bonds. The maximum absolute atomic E-state index is 11.6. The molecule has 1 aromatic rings. The normalized spacial score (nSPS) is 16.1. The van der Waals surface area contributed by atoms with Crippen molar-refractivity contribution in [3.8, 4) is 0 Å². The predicted octanol–water partition coefficient (Wildman–Crippen LogP) is 1.42. The molecule has 5 heteroatoms. The predicted molar refractivity (Wildman–Crippen MR) is 82.5 cm³/mol. The standard InChI is InChI=1S/C16H25N3O2/c17-18-16(21)14-6-4-5-13(11-14)12-19(9-10-20)15-7-2-1-3-8-15/h4-6,11,15,20H,1-3,7-10,12,17H2,(H,18,21). The summed E-state index contributed by atoms with van der Waals surface area (Å²) in [7, 11) is 0. The second kappa shape index (κ2) is 8.12. The van der Waals surface area contributed by atoms with Gasteiger partial charge in [-0.3, -0.25) is 15.1 Å². The van der Waals surface area contributed by atoms with Crippen molar-refractivity contribution in [1.82, 2.24) is 10.3 Å². The molecule has 1 aromatic carbocycles. The van der Waals surface area contributed by atoms with Crippen LogP contribution in [0.4, 0.5) is 0 Å². The van der Waals surface area contributed by atoms with Crippen LogP contribution in [0.2, 0.25) is 0 Å². The lowest BCUT2D eigenvalue weighted by atomic mass is 9.93. The molecule has 0 bridgehead atoms. The quantitative estimate of drug-likeness (QED) is 0.421. The first-order valence-electron chi connectivity index (χ1n) is 7.69. The van der Waals surface area contributed by atoms with Gasteiger partial charge in [0, 0.05) is 24.7 Å². The zero-order valence-electron chi connectivity index (χ0n) is 12.4. The third-order valence-corrected chi connectivity index (χ3v) is 4.18. The van der Waals surface area contributed by atoms with Crippen molar-refractivity contribution >= 4 is 5.91 Å². The van der Waals surface area contributed by atoms with Gasteiger partial charge in [0.1, 0.15) is 0 Å². The van der Waals surface area contributed by atoms with Gasteiger partial charge in [0.25, 0.3) is 5.91 Å². The highest BCUT2D eigenvalue weighted by molar-refractivity contribution is 5.93. The van der Waals surface area contributed by atoms with Crippen molar-refractivity contribution in [2.75, 3.05) is 13.2 Å². The molecule has 0 saturated heterocycles. The van der Waals surface area contributed by atoms with Crippen LogP contribution in [0.15, 0.2) is 24.3 Å². The van der Waals surface area contributed by atoms with Crippen LogP contribution in [-0.4, -0.2) is 35.1 Å². The minimum absolute atomic E-state index is 0.166. The largest absolute Gasteiger partial charge is 0.395 e. The highest BCUT2D eigenvalue weighted by Crippen LogP contribution is 2.24. The van der Waals surface area contributed by atoms with E-state index < -0.39 is 0 Å². The van der Waals surface area contributed by atoms with E-state index in [-0.39, 0.29) is 12.5 Å². The number of carbonyl (C=O) groups excluding carboxylic acids is 1. The lowest BCUT2D eigenvalue weighted by Crippen LogP contribution is -2.38. The zero-order valence-corrected chi connectivity index (χ0v) is 12.4. The van der Waals surface area contributed by atoms with Crippen LogP contribution in [0.3, 0.4) is 0 Å². The molecule has 1 aliphatic carbocycles. The van der Waals surface area contributed by atoms with Gasteiger partial charge >= 0.3 is 0 Å². The number of rotatable bonds is 6. The Hall–Kier alpha value is -1.43. The third-order valence-electron chi connectivity index (χ3n) is 4.18. The molecule has 0 aliphatic heterocycles. The van der Waals surface area contributed by atoms with Crippen LogP contribution >= 0.6 is 0 Å². The Bertz CT molecular complexity index is 459. The highest BCUT2D eigenvalue weighted by atomic mass is 16.3. The molecular formula is C16H25N3O2. The first-order chi connectivity index (χ1) is 10.2. The molecule has 1 saturated carbocycles. The Morgan fingerprint density at radius 1 is 1.33 bits per heavy atom. The topological polar surface area (TPSA) is 78.6 Å². The number of nitrogens with one attached hydrogen (secondary N) is 1. The number of aliphatic hydroxyl groups excluding tert-OH is 1. The van der Waals surface area contributed by atoms with Gasteiger partial charge in [0.15, 0.2) is 0 Å². The number of aliphatic hydroxyl groups is 1. The lowest BCUT2D eigenvalue weighted by Gasteiger charge is -2.34. The van der Waals surface area contributed by atoms with Gasteiger partial charge in [-0.1, -0.05) is 31.4 Å². The molecule has 2 rings (SSSR count). The van der Waals surface area contributed by atoms with Gasteiger partial charge < -0.3 is 5.11 Å². The van der Waals surface area contributed by atoms with Gasteiger partial charge in [0.05, 0.1) is 6.61 Å². The average molecular weight is 291 g/mol. The number of hydrogen-bond donors (Lipinski definition) is 3. The van der Waals surface area contributed by atoms with E-state index in [1.165, 1.54) is 32.1 Å². The van der Waals surface area contributed by atoms with Gasteiger partial charge in [-0.25, -0.2) is 5.84 Å². The number of carbonyl (C=O) groups is 1. The van der Waals surface area contributed by atoms with E-state index in [2.05, 4.69) is 10.3 Å². The minimum atomic E-state index is -0.275. The second-order valence-electron chi connectivity index (χ2n) is 5.66. The molecule has 0 unspecified atom stereocenters. The fourth-order valence-corrected chi connectivity index (χ4v) is 3.09. The summed E-state index contributed by atoms with van der Waals surface area (Å²) < 4.78 is 0. The van der Waals surface area contributed by atoms with Crippen LogP contribution in [0.1, 0.15) is 48.0 Å². The third kappa shape index (κ3) is 4.52. The smallest absolute Gasteiger partial charge is 0.265 e. The van der Waals surface area contributed by atoms with Crippen molar-refractivity contribution < 1.29 is 9.90 Å². The summed E-state index contributed by atoms with van der Waals surface area (Å²) >= 11 is 0. The molecule has 0 aromatic heterocycles. The Labute approximate surface area is 126 Å². The fraction of sp³-hybridized carbons (Fsp3) is 0.562. The average Bonchev–Trinajstić information content (AvgIpc) is 2.55. The molecule has 1 aliphatic rings. The summed E-state index contributed by atoms with van der Waals surface area (Å²) in [4.78, 5) is 13.9. The van der Waals surface area contributed by atoms with Crippen molar-refractivity contribution in [3.63, 3.8) is 0 Å². The summed E-state index contributed by atoms with van der Waals surface area (Å²) in [6, 6.07) is 8.05. The number of nitrogens with zero attached hydrogens (tertiary/aromatic N) is 1. The summed E-state index contributed by atoms with van der Waals surface area (Å²) in [5.74, 6) is 4.90. The molecule has 1 fully saturated rings. The maximum atomic E-state index is 11.6. The van der Waals surface area contributed by atoms with E-state index in [4.69, 9.17) is 5.84 Å². The summed E-state index contributed by atoms with van der Waals surface area (Å²) in [5.41, 5.74) is 3.81. The van der Waals surface area contributed by atoms with Gasteiger partial charge in [-0.05, 0) is 30.5 Å². The van der Waals surface area contributed by atoms with Crippen LogP contribution in [0.5, 0.6) is 0 Å². The highest BCUT2D eigenvalue weighted by Gasteiger charge is 2.21. The van der Waals surface area contributed by atoms with Gasteiger partial charge in [0.2, 0.25) is 0 Å². The molecule has 5 nitrogen and oxygen atoms in total. The zero-order chi connectivity index (χ0) is 15.1. The Kier molecular flexibility index (Phi) is 6.17. The molecule has 0 heterocycles. The Morgan fingerprint density at radius 2 is 2.10 bits per heavy atom. The Morgan fingerprint density at radius 3 is 2.76 bits per heavy atom. The van der Waals surface area contributed by atoms with Gasteiger partial charge in [-0.15, -0.1) is 0 Å². The number of hydrogen-bond acceptors (Lipinski definition) is 4. The minimum Gasteiger partial charge on any atom is -0.395 e. The molecule has 21 heavy (non-hydrogen) atoms. The maximum Gasteiger partial charge on any atom is 0.265 e. The van der Waals surface area contributed by atoms with E-state index in [9.17, 15) is 9.90 Å². The molecular weight excluding hydrogens is 266 g/mol. The molecule has 0 atom stereocenters. The van der Waals surface area contributed by atoms with Gasteiger partial charge in [-0.2, -0.15) is 0 Å². The van der Waals surface area contributed by atoms with E-state index >= 15 is 0 Å². The molecule has 0 spiro atoms. The van der Waals surface area contributed by atoms with Crippen LogP contribution in [0, 0.1) is 0 Å². The number of benzene rings is 1. The Balaban J connectivity index is 2.07. The van der Waals surface area contributed by atoms with Crippen molar-refractivity contribution in [1.29, 1.82) is 0 Å². The molecule has 0 radical (unpaired) electrons. The van der Waals surface area contributed by atoms with Crippen molar-refractivity contribution in [2.45, 2.75) is 44.7 Å². The van der Waals surface area contributed by atoms with Crippen LogP contribution in [-0.2, 0) is 6.54 Å². The van der Waals surface area contributed by atoms with E-state index in [1.807, 2.05) is 18.2 Å². The number of nitrogen functional groups attached to an aromatic ring is 1. The summed E-state index contributed by atoms with van der Waals surface area (Å²) in [5, 5.41) is 9.30. The van der Waals surface area contributed by atoms with E-state index in [0.29, 0.717) is 18.2 Å². The number of hydrazine groups is 1. The number of nitrogens with two attached hydrogens (primary N) is 1. The van der Waals surface area contributed by atoms with E-state index in [0.717, 1.165) is 12.1 Å². The first-order valence-corrected chi connectivity index (χ1v) is 7.69. The summed E-state index contributed by atoms with van der Waals surface area (Å²) in [6.45, 7) is 1.61. The van der Waals surface area contributed by atoms with Crippen molar-refractivity contribution in [2.24, 2.45) is 5.84 Å². The summed E-state index contributed by atoms with van der Waals surface area (Å²) in [6.07, 6.45) is 6.24. The number of amides is 1. The molecule has 116 valence electrons. The second-order valence-corrected chi connectivity index (χ2v) is 5.66. The van der Waals surface area contributed by atoms with Crippen molar-refractivity contribution in [3.05, 3.63) is 35.4 Å². The van der Waals surface area contributed by atoms with E-state index in [1.54, 1.807) is 6.07 Å². The lowest BCUT2D eigenvalue weighted by molar-refractivity contribution is 0.0952. The fourth-order valence-electron chi connectivity index (χ4n) is 3.09. The van der Waals surface area contributed by atoms with Crippen LogP contribution < -0.4 is 11.3 Å². The molecule has 4 N–H and O–H groups in total. The SMILES string of the molecule is NNC(=O)c1cccc(CN(CCO)C2CCCCC2)c1. The monoisotopic (exact) mass is 291 g/mol.